The van der Waals surface area contributed by atoms with Crippen LogP contribution in [0.2, 0.25) is 5.02 Å². The van der Waals surface area contributed by atoms with Gasteiger partial charge in [-0.25, -0.2) is 4.98 Å². The zero-order chi connectivity index (χ0) is 24.2. The van der Waals surface area contributed by atoms with E-state index in [1.54, 1.807) is 24.3 Å². The predicted molar refractivity (Wildman–Crippen MR) is 145 cm³/mol. The zero-order valence-electron chi connectivity index (χ0n) is 18.5. The highest BCUT2D eigenvalue weighted by Gasteiger charge is 2.13. The highest BCUT2D eigenvalue weighted by molar-refractivity contribution is 7.80. The van der Waals surface area contributed by atoms with E-state index in [-0.39, 0.29) is 11.0 Å². The van der Waals surface area contributed by atoms with Crippen LogP contribution in [0.1, 0.15) is 5.76 Å². The van der Waals surface area contributed by atoms with E-state index in [2.05, 4.69) is 32.7 Å². The fourth-order valence-corrected chi connectivity index (χ4v) is 4.93. The van der Waals surface area contributed by atoms with Crippen molar-refractivity contribution in [3.8, 4) is 11.3 Å². The minimum atomic E-state index is -0.373. The van der Waals surface area contributed by atoms with E-state index in [1.807, 2.05) is 24.3 Å². The number of rotatable bonds is 5. The van der Waals surface area contributed by atoms with E-state index in [0.717, 1.165) is 47.8 Å². The molecule has 2 aromatic carbocycles. The minimum absolute atomic E-state index is 0.174. The van der Waals surface area contributed by atoms with Crippen LogP contribution in [0.3, 0.4) is 0 Å². The molecule has 5 rings (SSSR count). The predicted octanol–water partition coefficient (Wildman–Crippen LogP) is 5.57. The topological polar surface area (TPSA) is 79.6 Å². The molecule has 0 saturated carbocycles. The summed E-state index contributed by atoms with van der Waals surface area (Å²) < 4.78 is 12.2. The third-order valence-electron chi connectivity index (χ3n) is 5.36. The lowest BCUT2D eigenvalue weighted by Crippen LogP contribution is -2.36. The lowest BCUT2D eigenvalue weighted by molar-refractivity contribution is -0.115. The summed E-state index contributed by atoms with van der Waals surface area (Å²) in [6.07, 6.45) is 2.95. The number of hydrogen-bond acceptors (Lipinski definition) is 7. The third kappa shape index (κ3) is 5.88. The second kappa shape index (κ2) is 10.6. The number of carbonyl (C=O) groups is 1. The van der Waals surface area contributed by atoms with Crippen LogP contribution in [0.4, 0.5) is 10.8 Å². The molecule has 0 spiro atoms. The summed E-state index contributed by atoms with van der Waals surface area (Å²) in [6.45, 7) is 3.22. The Kier molecular flexibility index (Phi) is 7.10. The van der Waals surface area contributed by atoms with Crippen molar-refractivity contribution in [2.75, 3.05) is 36.5 Å². The largest absolute Gasteiger partial charge is 0.457 e. The van der Waals surface area contributed by atoms with Gasteiger partial charge in [0, 0.05) is 35.4 Å². The van der Waals surface area contributed by atoms with Crippen molar-refractivity contribution < 1.29 is 13.9 Å². The monoisotopic (exact) mass is 524 g/mol. The molecular weight excluding hydrogens is 504 g/mol. The molecule has 1 fully saturated rings. The summed E-state index contributed by atoms with van der Waals surface area (Å²) in [6, 6.07) is 17.1. The molecule has 4 aromatic rings. The van der Waals surface area contributed by atoms with Crippen LogP contribution < -0.4 is 15.5 Å². The number of thiocarbonyl (C=S) groups is 1. The Morgan fingerprint density at radius 1 is 1.11 bits per heavy atom. The number of nitrogens with one attached hydrogen (secondary N) is 2. The molecule has 35 heavy (non-hydrogen) atoms. The fourth-order valence-electron chi connectivity index (χ4n) is 3.64. The second-order valence-electron chi connectivity index (χ2n) is 7.76. The first-order valence-electron chi connectivity index (χ1n) is 10.9. The first kappa shape index (κ1) is 23.5. The SMILES string of the molecule is O=C(C=Cc1ccc(-c2ccc(Cl)cc2)o1)NC(=S)Nc1nc2ccc(N3CCOCC3)cc2s1. The zero-order valence-corrected chi connectivity index (χ0v) is 20.9. The number of halogens is 1. The molecule has 0 unspecified atom stereocenters. The highest BCUT2D eigenvalue weighted by Crippen LogP contribution is 2.30. The Morgan fingerprint density at radius 3 is 2.71 bits per heavy atom. The molecule has 1 aliphatic heterocycles. The Labute approximate surface area is 216 Å². The first-order valence-corrected chi connectivity index (χ1v) is 12.5. The van der Waals surface area contributed by atoms with Crippen LogP contribution in [0.5, 0.6) is 0 Å². The van der Waals surface area contributed by atoms with Gasteiger partial charge in [-0.05, 0) is 72.9 Å². The van der Waals surface area contributed by atoms with E-state index in [4.69, 9.17) is 33.0 Å². The van der Waals surface area contributed by atoms with Gasteiger partial charge in [0.25, 0.3) is 0 Å². The molecule has 3 heterocycles. The number of hydrogen-bond donors (Lipinski definition) is 2. The van der Waals surface area contributed by atoms with Crippen molar-refractivity contribution in [3.63, 3.8) is 0 Å². The van der Waals surface area contributed by atoms with Gasteiger partial charge in [0.2, 0.25) is 5.91 Å². The van der Waals surface area contributed by atoms with Crippen molar-refractivity contribution in [3.05, 3.63) is 71.5 Å². The van der Waals surface area contributed by atoms with Crippen molar-refractivity contribution in [2.24, 2.45) is 0 Å². The number of morpholine rings is 1. The van der Waals surface area contributed by atoms with E-state index in [9.17, 15) is 4.79 Å². The number of carbonyl (C=O) groups excluding carboxylic acids is 1. The van der Waals surface area contributed by atoms with E-state index < -0.39 is 0 Å². The molecule has 10 heteroatoms. The van der Waals surface area contributed by atoms with Gasteiger partial charge in [0.1, 0.15) is 11.5 Å². The Bertz CT molecular complexity index is 1390. The van der Waals surface area contributed by atoms with E-state index >= 15 is 0 Å². The molecule has 0 atom stereocenters. The molecule has 0 radical (unpaired) electrons. The number of fused-ring (bicyclic) bond motifs is 1. The maximum atomic E-state index is 12.3. The number of nitrogens with zero attached hydrogens (tertiary/aromatic N) is 2. The van der Waals surface area contributed by atoms with Crippen molar-refractivity contribution >= 4 is 73.3 Å². The van der Waals surface area contributed by atoms with Gasteiger partial charge < -0.3 is 19.4 Å². The van der Waals surface area contributed by atoms with E-state index in [1.165, 1.54) is 17.4 Å². The fraction of sp³-hybridized carbons (Fsp3) is 0.160. The number of anilines is 2. The molecule has 0 aliphatic carbocycles. The van der Waals surface area contributed by atoms with Crippen LogP contribution in [0, 0.1) is 0 Å². The van der Waals surface area contributed by atoms with E-state index in [0.29, 0.717) is 21.7 Å². The molecule has 1 aliphatic rings. The number of amides is 1. The lowest BCUT2D eigenvalue weighted by atomic mass is 10.2. The van der Waals surface area contributed by atoms with Gasteiger partial charge in [-0.3, -0.25) is 10.1 Å². The summed E-state index contributed by atoms with van der Waals surface area (Å²) in [5, 5.41) is 7.08. The molecule has 1 saturated heterocycles. The molecule has 7 nitrogen and oxygen atoms in total. The number of aromatic nitrogens is 1. The maximum absolute atomic E-state index is 12.3. The molecule has 2 aromatic heterocycles. The maximum Gasteiger partial charge on any atom is 0.250 e. The number of benzene rings is 2. The Balaban J connectivity index is 1.17. The summed E-state index contributed by atoms with van der Waals surface area (Å²) >= 11 is 12.7. The molecule has 0 bridgehead atoms. The average Bonchev–Trinajstić information content (AvgIpc) is 3.50. The number of ether oxygens (including phenoxy) is 1. The summed E-state index contributed by atoms with van der Waals surface area (Å²) in [4.78, 5) is 19.2. The van der Waals surface area contributed by atoms with Gasteiger partial charge in [-0.2, -0.15) is 0 Å². The van der Waals surface area contributed by atoms with Gasteiger partial charge in [-0.15, -0.1) is 0 Å². The lowest BCUT2D eigenvalue weighted by Gasteiger charge is -2.28. The Morgan fingerprint density at radius 2 is 1.91 bits per heavy atom. The third-order valence-corrected chi connectivity index (χ3v) is 6.75. The summed E-state index contributed by atoms with van der Waals surface area (Å²) in [5.41, 5.74) is 2.92. The second-order valence-corrected chi connectivity index (χ2v) is 9.63. The Hall–Kier alpha value is -3.24. The van der Waals surface area contributed by atoms with Crippen molar-refractivity contribution in [2.45, 2.75) is 0 Å². The quantitative estimate of drug-likeness (QED) is 0.261. The molecule has 1 amide bonds. The van der Waals surface area contributed by atoms with Gasteiger partial charge in [0.05, 0.1) is 23.4 Å². The van der Waals surface area contributed by atoms with Gasteiger partial charge in [-0.1, -0.05) is 22.9 Å². The van der Waals surface area contributed by atoms with Crippen LogP contribution >= 0.6 is 35.2 Å². The van der Waals surface area contributed by atoms with Gasteiger partial charge >= 0.3 is 0 Å². The van der Waals surface area contributed by atoms with Crippen molar-refractivity contribution in [1.82, 2.24) is 10.3 Å². The van der Waals surface area contributed by atoms with Crippen LogP contribution in [0.15, 0.2) is 65.1 Å². The summed E-state index contributed by atoms with van der Waals surface area (Å²) in [5.74, 6) is 0.861. The number of furan rings is 1. The van der Waals surface area contributed by atoms with Crippen molar-refractivity contribution in [1.29, 1.82) is 0 Å². The molecular formula is C25H21ClN4O3S2. The smallest absolute Gasteiger partial charge is 0.250 e. The minimum Gasteiger partial charge on any atom is -0.457 e. The average molecular weight is 525 g/mol. The highest BCUT2D eigenvalue weighted by atomic mass is 35.5. The first-order chi connectivity index (χ1) is 17.0. The van der Waals surface area contributed by atoms with Gasteiger partial charge in [0.15, 0.2) is 10.2 Å². The standard InChI is InChI=1S/C25H21ClN4O3S2/c26-17-3-1-16(2-4-17)21-9-6-19(33-21)7-10-23(31)28-24(34)29-25-27-20-8-5-18(15-22(20)35-25)30-11-13-32-14-12-30/h1-10,15H,11-14H2,(H2,27,28,29,31,34). The van der Waals surface area contributed by atoms with Crippen LogP contribution in [0.25, 0.3) is 27.6 Å². The normalized spacial score (nSPS) is 13.9. The summed E-state index contributed by atoms with van der Waals surface area (Å²) in [7, 11) is 0. The van der Waals surface area contributed by atoms with Crippen LogP contribution in [-0.4, -0.2) is 42.3 Å². The van der Waals surface area contributed by atoms with Crippen LogP contribution in [-0.2, 0) is 9.53 Å². The molecule has 178 valence electrons. The molecule has 2 N–H and O–H groups in total. The number of thiazole rings is 1.